The van der Waals surface area contributed by atoms with Crippen LogP contribution < -0.4 is 10.5 Å². The van der Waals surface area contributed by atoms with E-state index in [-0.39, 0.29) is 5.96 Å². The van der Waals surface area contributed by atoms with Crippen molar-refractivity contribution in [1.29, 1.82) is 5.41 Å². The van der Waals surface area contributed by atoms with Gasteiger partial charge in [0, 0.05) is 44.7 Å². The summed E-state index contributed by atoms with van der Waals surface area (Å²) in [5, 5.41) is 8.62. The number of ether oxygens (including phenoxy) is 1. The number of thioether (sulfide) groups is 1. The Balaban J connectivity index is 1.58. The van der Waals surface area contributed by atoms with Gasteiger partial charge in [0.2, 0.25) is 0 Å². The number of guanidine groups is 1. The van der Waals surface area contributed by atoms with Crippen molar-refractivity contribution < 1.29 is 4.74 Å². The summed E-state index contributed by atoms with van der Waals surface area (Å²) < 4.78 is 5.21. The van der Waals surface area contributed by atoms with E-state index in [1.54, 1.807) is 18.9 Å². The Hall–Kier alpha value is -2.25. The van der Waals surface area contributed by atoms with Crippen LogP contribution in [0.15, 0.2) is 47.6 Å². The molecule has 0 atom stereocenters. The monoisotopic (exact) mass is 371 g/mol. The van der Waals surface area contributed by atoms with Gasteiger partial charge >= 0.3 is 0 Å². The van der Waals surface area contributed by atoms with Gasteiger partial charge < -0.3 is 15.4 Å². The third-order valence-electron chi connectivity index (χ3n) is 4.49. The molecule has 1 aliphatic heterocycles. The number of nitrogens with zero attached hydrogens (tertiary/aromatic N) is 3. The normalized spacial score (nSPS) is 15.0. The summed E-state index contributed by atoms with van der Waals surface area (Å²) in [7, 11) is 1.68. The van der Waals surface area contributed by atoms with E-state index in [0.29, 0.717) is 0 Å². The zero-order valence-corrected chi connectivity index (χ0v) is 15.8. The van der Waals surface area contributed by atoms with E-state index >= 15 is 0 Å². The van der Waals surface area contributed by atoms with Gasteiger partial charge in [-0.3, -0.25) is 10.3 Å². The second-order valence-corrected chi connectivity index (χ2v) is 7.22. The fourth-order valence-corrected chi connectivity index (χ4v) is 3.88. The first kappa shape index (κ1) is 18.5. The summed E-state index contributed by atoms with van der Waals surface area (Å²) in [6.45, 7) is 4.33. The van der Waals surface area contributed by atoms with Crippen molar-refractivity contribution in [3.8, 4) is 5.75 Å². The topological polar surface area (TPSA) is 78.5 Å². The Bertz CT molecular complexity index is 729. The van der Waals surface area contributed by atoms with Gasteiger partial charge in [-0.15, -0.1) is 11.8 Å². The highest BCUT2D eigenvalue weighted by Crippen LogP contribution is 2.26. The highest BCUT2D eigenvalue weighted by molar-refractivity contribution is 7.98. The number of piperazine rings is 1. The van der Waals surface area contributed by atoms with Crippen molar-refractivity contribution >= 4 is 17.7 Å². The minimum Gasteiger partial charge on any atom is -0.497 e. The van der Waals surface area contributed by atoms with Crippen molar-refractivity contribution in [1.82, 2.24) is 14.8 Å². The molecule has 2 aromatic rings. The second kappa shape index (κ2) is 8.91. The van der Waals surface area contributed by atoms with Crippen molar-refractivity contribution in [2.45, 2.75) is 17.3 Å². The maximum absolute atomic E-state index is 7.54. The zero-order chi connectivity index (χ0) is 18.4. The number of nitrogens with two attached hydrogens (primary N) is 1. The number of aromatic nitrogens is 1. The molecule has 1 saturated heterocycles. The van der Waals surface area contributed by atoms with Gasteiger partial charge in [-0.25, -0.2) is 4.98 Å². The summed E-state index contributed by atoms with van der Waals surface area (Å²) in [5.41, 5.74) is 8.08. The van der Waals surface area contributed by atoms with E-state index in [0.717, 1.165) is 49.3 Å². The van der Waals surface area contributed by atoms with Crippen LogP contribution in [-0.4, -0.2) is 54.0 Å². The molecule has 138 valence electrons. The predicted molar refractivity (Wildman–Crippen MR) is 106 cm³/mol. The first-order valence-corrected chi connectivity index (χ1v) is 9.65. The maximum Gasteiger partial charge on any atom is 0.188 e. The molecule has 1 aromatic heterocycles. The van der Waals surface area contributed by atoms with Crippen molar-refractivity contribution in [2.24, 2.45) is 5.73 Å². The standard InChI is InChI=1S/C19H25N5OS/c1-25-17-6-4-15(5-7-17)14-26-18-16(3-2-8-22-18)13-23-9-11-24(12-10-23)19(20)21/h2-8H,9-14H2,1H3,(H3,20,21). The summed E-state index contributed by atoms with van der Waals surface area (Å²) in [4.78, 5) is 8.90. The Morgan fingerprint density at radius 1 is 1.19 bits per heavy atom. The maximum atomic E-state index is 7.54. The lowest BCUT2D eigenvalue weighted by Crippen LogP contribution is -2.50. The summed E-state index contributed by atoms with van der Waals surface area (Å²) in [5.74, 6) is 1.93. The molecule has 0 aliphatic carbocycles. The zero-order valence-electron chi connectivity index (χ0n) is 15.0. The predicted octanol–water partition coefficient (Wildman–Crippen LogP) is 2.39. The molecule has 1 aliphatic rings. The van der Waals surface area contributed by atoms with Crippen LogP contribution in [0.2, 0.25) is 0 Å². The van der Waals surface area contributed by atoms with Gasteiger partial charge in [0.25, 0.3) is 0 Å². The molecule has 26 heavy (non-hydrogen) atoms. The molecule has 6 nitrogen and oxygen atoms in total. The van der Waals surface area contributed by atoms with Gasteiger partial charge in [-0.2, -0.15) is 0 Å². The van der Waals surface area contributed by atoms with Crippen LogP contribution in [0.3, 0.4) is 0 Å². The molecular weight excluding hydrogens is 346 g/mol. The SMILES string of the molecule is COc1ccc(CSc2ncccc2CN2CCN(C(=N)N)CC2)cc1. The smallest absolute Gasteiger partial charge is 0.188 e. The first-order chi connectivity index (χ1) is 12.7. The number of methoxy groups -OCH3 is 1. The highest BCUT2D eigenvalue weighted by Gasteiger charge is 2.18. The Kier molecular flexibility index (Phi) is 6.35. The fourth-order valence-electron chi connectivity index (χ4n) is 2.94. The second-order valence-electron chi connectivity index (χ2n) is 6.25. The quantitative estimate of drug-likeness (QED) is 0.461. The minimum atomic E-state index is 0.168. The van der Waals surface area contributed by atoms with Gasteiger partial charge in [0.05, 0.1) is 7.11 Å². The lowest BCUT2D eigenvalue weighted by Gasteiger charge is -2.35. The van der Waals surface area contributed by atoms with Gasteiger partial charge in [0.15, 0.2) is 5.96 Å². The van der Waals surface area contributed by atoms with E-state index in [4.69, 9.17) is 15.9 Å². The van der Waals surface area contributed by atoms with Crippen molar-refractivity contribution in [3.63, 3.8) is 0 Å². The number of pyridine rings is 1. The van der Waals surface area contributed by atoms with Crippen molar-refractivity contribution in [3.05, 3.63) is 53.7 Å². The number of benzene rings is 1. The lowest BCUT2D eigenvalue weighted by molar-refractivity contribution is 0.172. The largest absolute Gasteiger partial charge is 0.497 e. The van der Waals surface area contributed by atoms with Crippen LogP contribution in [0.25, 0.3) is 0 Å². The van der Waals surface area contributed by atoms with Gasteiger partial charge in [-0.1, -0.05) is 18.2 Å². The van der Waals surface area contributed by atoms with E-state index in [1.165, 1.54) is 11.1 Å². The molecule has 2 heterocycles. The molecule has 0 spiro atoms. The number of rotatable bonds is 6. The molecule has 0 bridgehead atoms. The number of nitrogens with one attached hydrogen (secondary N) is 1. The van der Waals surface area contributed by atoms with E-state index in [9.17, 15) is 0 Å². The molecular formula is C19H25N5OS. The molecule has 0 saturated carbocycles. The molecule has 0 amide bonds. The van der Waals surface area contributed by atoms with E-state index in [2.05, 4.69) is 28.1 Å². The van der Waals surface area contributed by atoms with Crippen LogP contribution in [-0.2, 0) is 12.3 Å². The van der Waals surface area contributed by atoms with Crippen LogP contribution >= 0.6 is 11.8 Å². The fraction of sp³-hybridized carbons (Fsp3) is 0.368. The van der Waals surface area contributed by atoms with Crippen LogP contribution in [0.5, 0.6) is 5.75 Å². The average molecular weight is 372 g/mol. The van der Waals surface area contributed by atoms with Crippen LogP contribution in [0.4, 0.5) is 0 Å². The third-order valence-corrected chi connectivity index (χ3v) is 5.61. The Labute approximate surface area is 158 Å². The van der Waals surface area contributed by atoms with E-state index < -0.39 is 0 Å². The molecule has 1 aromatic carbocycles. The van der Waals surface area contributed by atoms with Gasteiger partial charge in [-0.05, 0) is 29.3 Å². The molecule has 0 radical (unpaired) electrons. The minimum absolute atomic E-state index is 0.168. The third kappa shape index (κ3) is 4.89. The summed E-state index contributed by atoms with van der Waals surface area (Å²) in [6.07, 6.45) is 1.85. The molecule has 3 rings (SSSR count). The highest BCUT2D eigenvalue weighted by atomic mass is 32.2. The lowest BCUT2D eigenvalue weighted by atomic mass is 10.2. The summed E-state index contributed by atoms with van der Waals surface area (Å²) in [6, 6.07) is 12.3. The Morgan fingerprint density at radius 2 is 1.92 bits per heavy atom. The van der Waals surface area contributed by atoms with Gasteiger partial charge in [0.1, 0.15) is 10.8 Å². The molecule has 3 N–H and O–H groups in total. The molecule has 1 fully saturated rings. The summed E-state index contributed by atoms with van der Waals surface area (Å²) >= 11 is 1.76. The number of hydrogen-bond acceptors (Lipinski definition) is 5. The molecule has 0 unspecified atom stereocenters. The van der Waals surface area contributed by atoms with Crippen LogP contribution in [0.1, 0.15) is 11.1 Å². The Morgan fingerprint density at radius 3 is 2.58 bits per heavy atom. The van der Waals surface area contributed by atoms with E-state index in [1.807, 2.05) is 29.3 Å². The molecule has 7 heteroatoms. The van der Waals surface area contributed by atoms with Crippen LogP contribution in [0, 0.1) is 5.41 Å². The number of hydrogen-bond donors (Lipinski definition) is 2. The average Bonchev–Trinajstić information content (AvgIpc) is 2.68. The van der Waals surface area contributed by atoms with Crippen molar-refractivity contribution in [2.75, 3.05) is 33.3 Å². The first-order valence-electron chi connectivity index (χ1n) is 8.66.